The van der Waals surface area contributed by atoms with Crippen molar-refractivity contribution in [3.63, 3.8) is 0 Å². The smallest absolute Gasteiger partial charge is 0.0295 e. The first-order valence-electron chi connectivity index (χ1n) is 7.10. The minimum Gasteiger partial charge on any atom is -0.0625 e. The van der Waals surface area contributed by atoms with Crippen LogP contribution in [0.1, 0.15) is 72.1 Å². The molecule has 0 aromatic carbocycles. The highest BCUT2D eigenvalue weighted by atomic mass is 14.4. The van der Waals surface area contributed by atoms with E-state index in [-0.39, 0.29) is 0 Å². The molecule has 0 nitrogen and oxygen atoms in total. The monoisotopic (exact) mass is 208 g/mol. The fraction of sp³-hybridized carbons (Fsp3) is 1.00. The van der Waals surface area contributed by atoms with E-state index in [0.717, 1.165) is 17.8 Å². The highest BCUT2D eigenvalue weighted by molar-refractivity contribution is 4.89. The van der Waals surface area contributed by atoms with E-state index in [1.807, 2.05) is 0 Å². The van der Waals surface area contributed by atoms with Crippen molar-refractivity contribution in [2.75, 3.05) is 0 Å². The lowest BCUT2D eigenvalue weighted by molar-refractivity contribution is 0.0501. The van der Waals surface area contributed by atoms with Crippen molar-refractivity contribution in [1.29, 1.82) is 0 Å². The van der Waals surface area contributed by atoms with Crippen molar-refractivity contribution < 1.29 is 0 Å². The van der Waals surface area contributed by atoms with Gasteiger partial charge in [0.15, 0.2) is 0 Å². The topological polar surface area (TPSA) is 0 Å². The molecule has 0 heteroatoms. The molecule has 0 N–H and O–H groups in total. The molecule has 15 heavy (non-hydrogen) atoms. The molecular weight excluding hydrogens is 180 g/mol. The molecule has 0 aromatic rings. The third kappa shape index (κ3) is 2.57. The van der Waals surface area contributed by atoms with Gasteiger partial charge in [-0.1, -0.05) is 46.5 Å². The maximum Gasteiger partial charge on any atom is -0.0295 e. The Morgan fingerprint density at radius 1 is 0.933 bits per heavy atom. The normalized spacial score (nSPS) is 47.8. The lowest BCUT2D eigenvalue weighted by Gasteiger charge is -2.46. The Bertz CT molecular complexity index is 208. The average molecular weight is 208 g/mol. The Morgan fingerprint density at radius 2 is 1.67 bits per heavy atom. The second-order valence-corrected chi connectivity index (χ2v) is 6.82. The van der Waals surface area contributed by atoms with E-state index in [9.17, 15) is 0 Å². The van der Waals surface area contributed by atoms with Crippen LogP contribution in [0.4, 0.5) is 0 Å². The van der Waals surface area contributed by atoms with E-state index in [4.69, 9.17) is 0 Å². The van der Waals surface area contributed by atoms with Crippen LogP contribution in [0.15, 0.2) is 0 Å². The molecule has 0 bridgehead atoms. The molecule has 0 saturated heterocycles. The van der Waals surface area contributed by atoms with E-state index in [1.165, 1.54) is 51.4 Å². The third-order valence-corrected chi connectivity index (χ3v) is 5.18. The standard InChI is InChI=1S/C15H28/c1-12-6-4-8-14(10-12)15(3)9-5-7-13(2)11-15/h12-14H,4-11H2,1-3H3. The summed E-state index contributed by atoms with van der Waals surface area (Å²) in [4.78, 5) is 0. The van der Waals surface area contributed by atoms with Gasteiger partial charge in [-0.15, -0.1) is 0 Å². The minimum atomic E-state index is 0.701. The fourth-order valence-electron chi connectivity index (χ4n) is 4.29. The summed E-state index contributed by atoms with van der Waals surface area (Å²) in [6.45, 7) is 7.51. The molecule has 2 fully saturated rings. The molecule has 2 aliphatic carbocycles. The van der Waals surface area contributed by atoms with Crippen molar-refractivity contribution >= 4 is 0 Å². The zero-order valence-corrected chi connectivity index (χ0v) is 10.9. The largest absolute Gasteiger partial charge is 0.0625 e. The van der Waals surface area contributed by atoms with Gasteiger partial charge in [0, 0.05) is 0 Å². The van der Waals surface area contributed by atoms with Gasteiger partial charge in [0.1, 0.15) is 0 Å². The SMILES string of the molecule is CC1CCCC(C2(C)CCCC(C)C2)C1. The van der Waals surface area contributed by atoms with Crippen LogP contribution in [-0.2, 0) is 0 Å². The van der Waals surface area contributed by atoms with Gasteiger partial charge < -0.3 is 0 Å². The van der Waals surface area contributed by atoms with Gasteiger partial charge in [0.2, 0.25) is 0 Å². The quantitative estimate of drug-likeness (QED) is 0.567. The molecule has 4 unspecified atom stereocenters. The number of hydrogen-bond acceptors (Lipinski definition) is 0. The van der Waals surface area contributed by atoms with Crippen LogP contribution in [0, 0.1) is 23.2 Å². The molecule has 0 heterocycles. The van der Waals surface area contributed by atoms with Gasteiger partial charge in [-0.3, -0.25) is 0 Å². The molecule has 0 amide bonds. The summed E-state index contributed by atoms with van der Waals surface area (Å²) in [6.07, 6.45) is 12.0. The zero-order valence-electron chi connectivity index (χ0n) is 10.9. The van der Waals surface area contributed by atoms with Crippen molar-refractivity contribution in [3.8, 4) is 0 Å². The molecule has 0 radical (unpaired) electrons. The van der Waals surface area contributed by atoms with Gasteiger partial charge in [-0.2, -0.15) is 0 Å². The Hall–Kier alpha value is 0. The molecule has 4 atom stereocenters. The Balaban J connectivity index is 2.00. The highest BCUT2D eigenvalue weighted by Crippen LogP contribution is 2.50. The van der Waals surface area contributed by atoms with Crippen LogP contribution < -0.4 is 0 Å². The first kappa shape index (κ1) is 11.5. The summed E-state index contributed by atoms with van der Waals surface area (Å²) < 4.78 is 0. The number of hydrogen-bond donors (Lipinski definition) is 0. The van der Waals surface area contributed by atoms with Crippen LogP contribution in [-0.4, -0.2) is 0 Å². The molecule has 2 rings (SSSR count). The van der Waals surface area contributed by atoms with Crippen molar-refractivity contribution in [2.45, 2.75) is 72.1 Å². The first-order valence-corrected chi connectivity index (χ1v) is 7.10. The van der Waals surface area contributed by atoms with Gasteiger partial charge in [0.25, 0.3) is 0 Å². The van der Waals surface area contributed by atoms with Crippen LogP contribution in [0.25, 0.3) is 0 Å². The van der Waals surface area contributed by atoms with Crippen molar-refractivity contribution in [3.05, 3.63) is 0 Å². The van der Waals surface area contributed by atoms with E-state index in [2.05, 4.69) is 20.8 Å². The first-order chi connectivity index (χ1) is 7.10. The summed E-state index contributed by atoms with van der Waals surface area (Å²) in [6, 6.07) is 0. The summed E-state index contributed by atoms with van der Waals surface area (Å²) in [5, 5.41) is 0. The molecular formula is C15H28. The lowest BCUT2D eigenvalue weighted by atomic mass is 9.60. The molecule has 0 spiro atoms. The molecule has 88 valence electrons. The average Bonchev–Trinajstić information content (AvgIpc) is 2.17. The van der Waals surface area contributed by atoms with E-state index < -0.39 is 0 Å². The summed E-state index contributed by atoms with van der Waals surface area (Å²) in [5.41, 5.74) is 0.701. The Kier molecular flexibility index (Phi) is 3.42. The number of rotatable bonds is 1. The molecule has 0 aliphatic heterocycles. The van der Waals surface area contributed by atoms with Crippen LogP contribution in [0.2, 0.25) is 0 Å². The summed E-state index contributed by atoms with van der Waals surface area (Å²) >= 11 is 0. The maximum atomic E-state index is 2.59. The second kappa shape index (κ2) is 4.47. The second-order valence-electron chi connectivity index (χ2n) is 6.82. The van der Waals surface area contributed by atoms with Crippen molar-refractivity contribution in [2.24, 2.45) is 23.2 Å². The van der Waals surface area contributed by atoms with Gasteiger partial charge in [0.05, 0.1) is 0 Å². The van der Waals surface area contributed by atoms with E-state index in [1.54, 1.807) is 0 Å². The molecule has 0 aromatic heterocycles. The predicted octanol–water partition coefficient (Wildman–Crippen LogP) is 5.03. The van der Waals surface area contributed by atoms with Crippen LogP contribution >= 0.6 is 0 Å². The molecule has 2 saturated carbocycles. The summed E-state index contributed by atoms with van der Waals surface area (Å²) in [5.74, 6) is 3.03. The third-order valence-electron chi connectivity index (χ3n) is 5.18. The van der Waals surface area contributed by atoms with Gasteiger partial charge in [-0.05, 0) is 48.9 Å². The Morgan fingerprint density at radius 3 is 2.33 bits per heavy atom. The fourth-order valence-corrected chi connectivity index (χ4v) is 4.29. The minimum absolute atomic E-state index is 0.701. The Labute approximate surface area is 95.8 Å². The zero-order chi connectivity index (χ0) is 10.9. The van der Waals surface area contributed by atoms with Gasteiger partial charge in [-0.25, -0.2) is 0 Å². The van der Waals surface area contributed by atoms with E-state index in [0.29, 0.717) is 5.41 Å². The van der Waals surface area contributed by atoms with Crippen LogP contribution in [0.3, 0.4) is 0 Å². The maximum absolute atomic E-state index is 2.59. The predicted molar refractivity (Wildman–Crippen MR) is 66.9 cm³/mol. The van der Waals surface area contributed by atoms with Gasteiger partial charge >= 0.3 is 0 Å². The van der Waals surface area contributed by atoms with Crippen molar-refractivity contribution in [1.82, 2.24) is 0 Å². The molecule has 2 aliphatic rings. The summed E-state index contributed by atoms with van der Waals surface area (Å²) in [7, 11) is 0. The van der Waals surface area contributed by atoms with Crippen LogP contribution in [0.5, 0.6) is 0 Å². The highest BCUT2D eigenvalue weighted by Gasteiger charge is 2.38. The lowest BCUT2D eigenvalue weighted by Crippen LogP contribution is -2.35. The van der Waals surface area contributed by atoms with E-state index >= 15 is 0 Å².